The quantitative estimate of drug-likeness (QED) is 0.517. The first-order valence-corrected chi connectivity index (χ1v) is 12.6. The maximum atomic E-state index is 13.0. The van der Waals surface area contributed by atoms with Crippen LogP contribution in [0.4, 0.5) is 11.5 Å². The Hall–Kier alpha value is -3.93. The molecule has 37 heavy (non-hydrogen) atoms. The van der Waals surface area contributed by atoms with Crippen LogP contribution in [0.5, 0.6) is 0 Å². The van der Waals surface area contributed by atoms with Crippen molar-refractivity contribution in [2.45, 2.75) is 27.7 Å². The lowest BCUT2D eigenvalue weighted by molar-refractivity contribution is -0.120. The Kier molecular flexibility index (Phi) is 8.07. The van der Waals surface area contributed by atoms with Gasteiger partial charge in [-0.3, -0.25) is 24.0 Å². The highest BCUT2D eigenvalue weighted by Crippen LogP contribution is 2.30. The number of nitrogens with one attached hydrogen (secondary N) is 2. The fourth-order valence-electron chi connectivity index (χ4n) is 4.72. The Balaban J connectivity index is 1.33. The molecule has 1 saturated heterocycles. The van der Waals surface area contributed by atoms with Gasteiger partial charge in [0.25, 0.3) is 0 Å². The number of benzene rings is 2. The van der Waals surface area contributed by atoms with E-state index in [4.69, 9.17) is 0 Å². The minimum Gasteiger partial charge on any atom is -0.325 e. The summed E-state index contributed by atoms with van der Waals surface area (Å²) in [4.78, 5) is 29.8. The molecule has 192 valence electrons. The summed E-state index contributed by atoms with van der Waals surface area (Å²) in [6.07, 6.45) is 0. The van der Waals surface area contributed by atoms with E-state index in [1.807, 2.05) is 80.8 Å². The van der Waals surface area contributed by atoms with Gasteiger partial charge in [0, 0.05) is 43.2 Å². The number of carbonyl (C=O) groups is 2. The molecule has 1 aliphatic rings. The summed E-state index contributed by atoms with van der Waals surface area (Å²) in [5.41, 5.74) is 6.23. The van der Waals surface area contributed by atoms with Crippen LogP contribution in [-0.2, 0) is 9.59 Å². The third kappa shape index (κ3) is 5.91. The molecule has 0 radical (unpaired) electrons. The van der Waals surface area contributed by atoms with E-state index in [1.165, 1.54) is 0 Å². The van der Waals surface area contributed by atoms with Crippen LogP contribution in [0.25, 0.3) is 5.69 Å². The van der Waals surface area contributed by atoms with Crippen molar-refractivity contribution >= 4 is 23.3 Å². The van der Waals surface area contributed by atoms with Gasteiger partial charge in [0.1, 0.15) is 11.9 Å². The van der Waals surface area contributed by atoms with E-state index >= 15 is 0 Å². The highest BCUT2D eigenvalue weighted by atomic mass is 16.2. The summed E-state index contributed by atoms with van der Waals surface area (Å²) < 4.78 is 1.93. The van der Waals surface area contributed by atoms with Gasteiger partial charge >= 0.3 is 0 Å². The zero-order valence-corrected chi connectivity index (χ0v) is 22.0. The number of hydrogen-bond donors (Lipinski definition) is 2. The SMILES string of the molecule is Cc1cccc(NC(=O)CN2CCN(CC(=O)Nc3c(C#N)c(C)c(C)n3-c3ccccc3)CC2)c1C. The minimum atomic E-state index is -0.160. The van der Waals surface area contributed by atoms with Crippen molar-refractivity contribution in [1.82, 2.24) is 14.4 Å². The maximum absolute atomic E-state index is 13.0. The molecule has 0 spiro atoms. The standard InChI is InChI=1S/C29H34N6O2/c1-20-9-8-12-26(21(20)2)31-27(36)18-33-13-15-34(16-14-33)19-28(37)32-29-25(17-30)22(3)23(4)35(29)24-10-6-5-7-11-24/h5-12H,13-16,18-19H2,1-4H3,(H,31,36)(H,32,37). The van der Waals surface area contributed by atoms with Crippen LogP contribution >= 0.6 is 0 Å². The van der Waals surface area contributed by atoms with Crippen LogP contribution in [0.3, 0.4) is 0 Å². The molecule has 1 fully saturated rings. The number of aromatic nitrogens is 1. The number of rotatable bonds is 7. The first kappa shape index (κ1) is 26.1. The van der Waals surface area contributed by atoms with Crippen molar-refractivity contribution in [3.63, 3.8) is 0 Å². The molecule has 4 rings (SSSR count). The molecule has 2 N–H and O–H groups in total. The van der Waals surface area contributed by atoms with E-state index < -0.39 is 0 Å². The number of aryl methyl sites for hydroxylation is 1. The highest BCUT2D eigenvalue weighted by molar-refractivity contribution is 5.94. The van der Waals surface area contributed by atoms with Crippen molar-refractivity contribution in [3.05, 3.63) is 76.5 Å². The normalized spacial score (nSPS) is 14.2. The molecular weight excluding hydrogens is 464 g/mol. The number of para-hydroxylation sites is 1. The molecule has 1 aliphatic heterocycles. The van der Waals surface area contributed by atoms with Gasteiger partial charge in [0.2, 0.25) is 11.8 Å². The van der Waals surface area contributed by atoms with E-state index in [2.05, 4.69) is 26.5 Å². The molecule has 8 nitrogen and oxygen atoms in total. The fourth-order valence-corrected chi connectivity index (χ4v) is 4.72. The molecular formula is C29H34N6O2. The summed E-state index contributed by atoms with van der Waals surface area (Å²) in [7, 11) is 0. The summed E-state index contributed by atoms with van der Waals surface area (Å²) >= 11 is 0. The maximum Gasteiger partial charge on any atom is 0.239 e. The summed E-state index contributed by atoms with van der Waals surface area (Å²) in [5.74, 6) is 0.319. The van der Waals surface area contributed by atoms with E-state index in [0.29, 0.717) is 44.1 Å². The van der Waals surface area contributed by atoms with Gasteiger partial charge in [0.15, 0.2) is 0 Å². The Morgan fingerprint density at radius 2 is 1.41 bits per heavy atom. The predicted octanol–water partition coefficient (Wildman–Crippen LogP) is 3.78. The van der Waals surface area contributed by atoms with Gasteiger partial charge in [-0.2, -0.15) is 5.26 Å². The lowest BCUT2D eigenvalue weighted by atomic mass is 10.1. The molecule has 2 amide bonds. The zero-order chi connectivity index (χ0) is 26.5. The van der Waals surface area contributed by atoms with E-state index in [-0.39, 0.29) is 18.4 Å². The third-order valence-electron chi connectivity index (χ3n) is 7.18. The van der Waals surface area contributed by atoms with Crippen LogP contribution in [-0.4, -0.2) is 65.4 Å². The van der Waals surface area contributed by atoms with Gasteiger partial charge in [-0.05, 0) is 62.6 Å². The van der Waals surface area contributed by atoms with E-state index in [1.54, 1.807) is 0 Å². The number of nitrogens with zero attached hydrogens (tertiary/aromatic N) is 4. The lowest BCUT2D eigenvalue weighted by Gasteiger charge is -2.33. The number of hydrogen-bond acceptors (Lipinski definition) is 5. The zero-order valence-electron chi connectivity index (χ0n) is 22.0. The molecule has 3 aromatic rings. The lowest BCUT2D eigenvalue weighted by Crippen LogP contribution is -2.50. The molecule has 2 aromatic carbocycles. The van der Waals surface area contributed by atoms with Crippen LogP contribution in [0.15, 0.2) is 48.5 Å². The topological polar surface area (TPSA) is 93.4 Å². The molecule has 2 heterocycles. The molecule has 0 unspecified atom stereocenters. The monoisotopic (exact) mass is 498 g/mol. The Morgan fingerprint density at radius 1 is 0.811 bits per heavy atom. The average molecular weight is 499 g/mol. The van der Waals surface area contributed by atoms with Crippen molar-refractivity contribution in [2.24, 2.45) is 0 Å². The van der Waals surface area contributed by atoms with Gasteiger partial charge in [-0.15, -0.1) is 0 Å². The van der Waals surface area contributed by atoms with Crippen molar-refractivity contribution in [1.29, 1.82) is 5.26 Å². The molecule has 0 aliphatic carbocycles. The van der Waals surface area contributed by atoms with Crippen molar-refractivity contribution in [2.75, 3.05) is 49.9 Å². The molecule has 0 bridgehead atoms. The second-order valence-corrected chi connectivity index (χ2v) is 9.61. The summed E-state index contributed by atoms with van der Waals surface area (Å²) in [6, 6.07) is 17.9. The molecule has 0 saturated carbocycles. The first-order valence-electron chi connectivity index (χ1n) is 12.6. The van der Waals surface area contributed by atoms with Crippen LogP contribution in [0, 0.1) is 39.0 Å². The van der Waals surface area contributed by atoms with E-state index in [9.17, 15) is 14.9 Å². The Bertz CT molecular complexity index is 1330. The minimum absolute atomic E-state index is 0.0312. The van der Waals surface area contributed by atoms with Gasteiger partial charge < -0.3 is 10.6 Å². The van der Waals surface area contributed by atoms with E-state index in [0.717, 1.165) is 33.8 Å². The van der Waals surface area contributed by atoms with Crippen LogP contribution < -0.4 is 10.6 Å². The van der Waals surface area contributed by atoms with Gasteiger partial charge in [0.05, 0.1) is 18.7 Å². The second kappa shape index (κ2) is 11.4. The average Bonchev–Trinajstić information content (AvgIpc) is 3.12. The Labute approximate surface area is 218 Å². The fraction of sp³-hybridized carbons (Fsp3) is 0.345. The highest BCUT2D eigenvalue weighted by Gasteiger charge is 2.24. The number of nitriles is 1. The van der Waals surface area contributed by atoms with Gasteiger partial charge in [-0.1, -0.05) is 30.3 Å². The van der Waals surface area contributed by atoms with Crippen molar-refractivity contribution < 1.29 is 9.59 Å². The van der Waals surface area contributed by atoms with Crippen LogP contribution in [0.1, 0.15) is 27.9 Å². The van der Waals surface area contributed by atoms with Crippen LogP contribution in [0.2, 0.25) is 0 Å². The summed E-state index contributed by atoms with van der Waals surface area (Å²) in [6.45, 7) is 11.2. The first-order chi connectivity index (χ1) is 17.8. The number of anilines is 2. The van der Waals surface area contributed by atoms with Gasteiger partial charge in [-0.25, -0.2) is 0 Å². The molecule has 8 heteroatoms. The second-order valence-electron chi connectivity index (χ2n) is 9.61. The molecule has 0 atom stereocenters. The molecule has 1 aromatic heterocycles. The smallest absolute Gasteiger partial charge is 0.239 e. The summed E-state index contributed by atoms with van der Waals surface area (Å²) in [5, 5.41) is 15.8. The number of amides is 2. The number of piperazine rings is 1. The third-order valence-corrected chi connectivity index (χ3v) is 7.18. The number of carbonyl (C=O) groups excluding carboxylic acids is 2. The predicted molar refractivity (Wildman–Crippen MR) is 146 cm³/mol. The largest absolute Gasteiger partial charge is 0.325 e. The Morgan fingerprint density at radius 3 is 2.00 bits per heavy atom. The van der Waals surface area contributed by atoms with Crippen molar-refractivity contribution in [3.8, 4) is 11.8 Å².